The summed E-state index contributed by atoms with van der Waals surface area (Å²) in [7, 11) is 0. The minimum Gasteiger partial charge on any atom is -0.300 e. The van der Waals surface area contributed by atoms with Gasteiger partial charge in [-0.15, -0.1) is 0 Å². The molecule has 1 heteroatoms. The van der Waals surface area contributed by atoms with Gasteiger partial charge in [0.15, 0.2) is 0 Å². The van der Waals surface area contributed by atoms with E-state index in [-0.39, 0.29) is 0 Å². The van der Waals surface area contributed by atoms with Crippen molar-refractivity contribution in [1.29, 1.82) is 0 Å². The fourth-order valence-corrected chi connectivity index (χ4v) is 2.95. The first kappa shape index (κ1) is 12.7. The van der Waals surface area contributed by atoms with Gasteiger partial charge in [0.2, 0.25) is 0 Å². The minimum atomic E-state index is 0.484. The van der Waals surface area contributed by atoms with Crippen LogP contribution in [0.1, 0.15) is 71.6 Å². The van der Waals surface area contributed by atoms with Gasteiger partial charge in [0.1, 0.15) is 5.78 Å². The molecule has 0 saturated heterocycles. The molecule has 0 amide bonds. The standard InChI is InChI=1S/C14H26O/c1-3-7-14(15)11-10-13-9-6-5-8-12(13)4-2/h12-13H,3-11H2,1-2H3. The highest BCUT2D eigenvalue weighted by Gasteiger charge is 2.23. The molecule has 1 fully saturated rings. The van der Waals surface area contributed by atoms with Gasteiger partial charge in [-0.3, -0.25) is 4.79 Å². The summed E-state index contributed by atoms with van der Waals surface area (Å²) in [5.41, 5.74) is 0. The monoisotopic (exact) mass is 210 g/mol. The van der Waals surface area contributed by atoms with Crippen LogP contribution in [0.2, 0.25) is 0 Å². The number of ketones is 1. The first-order valence-electron chi connectivity index (χ1n) is 6.79. The number of carbonyl (C=O) groups excluding carboxylic acids is 1. The Morgan fingerprint density at radius 1 is 1.07 bits per heavy atom. The van der Waals surface area contributed by atoms with E-state index in [0.29, 0.717) is 5.78 Å². The first-order chi connectivity index (χ1) is 7.27. The van der Waals surface area contributed by atoms with Crippen molar-refractivity contribution >= 4 is 5.78 Å². The summed E-state index contributed by atoms with van der Waals surface area (Å²) in [6.07, 6.45) is 10.7. The summed E-state index contributed by atoms with van der Waals surface area (Å²) in [6.45, 7) is 4.39. The van der Waals surface area contributed by atoms with Crippen LogP contribution in [0.3, 0.4) is 0 Å². The SMILES string of the molecule is CCCC(=O)CCC1CCCCC1CC. The Kier molecular flexibility index (Phi) is 5.97. The molecule has 2 unspecified atom stereocenters. The summed E-state index contributed by atoms with van der Waals surface area (Å²) in [4.78, 5) is 11.5. The summed E-state index contributed by atoms with van der Waals surface area (Å²) < 4.78 is 0. The number of rotatable bonds is 6. The van der Waals surface area contributed by atoms with E-state index in [4.69, 9.17) is 0 Å². The predicted molar refractivity (Wildman–Crippen MR) is 64.9 cm³/mol. The van der Waals surface area contributed by atoms with E-state index in [1.165, 1.54) is 32.1 Å². The lowest BCUT2D eigenvalue weighted by Crippen LogP contribution is -2.19. The maximum atomic E-state index is 11.5. The van der Waals surface area contributed by atoms with Gasteiger partial charge >= 0.3 is 0 Å². The highest BCUT2D eigenvalue weighted by molar-refractivity contribution is 5.78. The molecule has 88 valence electrons. The molecule has 1 aliphatic carbocycles. The smallest absolute Gasteiger partial charge is 0.132 e. The molecule has 0 spiro atoms. The molecule has 1 nitrogen and oxygen atoms in total. The lowest BCUT2D eigenvalue weighted by molar-refractivity contribution is -0.119. The van der Waals surface area contributed by atoms with Crippen molar-refractivity contribution in [2.24, 2.45) is 11.8 Å². The van der Waals surface area contributed by atoms with Crippen molar-refractivity contribution in [2.75, 3.05) is 0 Å². The molecule has 0 radical (unpaired) electrons. The van der Waals surface area contributed by atoms with Gasteiger partial charge < -0.3 is 0 Å². The zero-order valence-corrected chi connectivity index (χ0v) is 10.4. The molecular formula is C14H26O. The van der Waals surface area contributed by atoms with Gasteiger partial charge in [-0.2, -0.15) is 0 Å². The molecule has 0 aromatic carbocycles. The quantitative estimate of drug-likeness (QED) is 0.637. The van der Waals surface area contributed by atoms with Crippen molar-refractivity contribution in [3.05, 3.63) is 0 Å². The second kappa shape index (κ2) is 7.03. The van der Waals surface area contributed by atoms with Crippen molar-refractivity contribution in [3.8, 4) is 0 Å². The van der Waals surface area contributed by atoms with Crippen LogP contribution < -0.4 is 0 Å². The van der Waals surface area contributed by atoms with Crippen LogP contribution >= 0.6 is 0 Å². The zero-order chi connectivity index (χ0) is 11.1. The van der Waals surface area contributed by atoms with Crippen LogP contribution in [0.5, 0.6) is 0 Å². The fraction of sp³-hybridized carbons (Fsp3) is 0.929. The van der Waals surface area contributed by atoms with Crippen LogP contribution in [0.4, 0.5) is 0 Å². The van der Waals surface area contributed by atoms with E-state index in [1.54, 1.807) is 0 Å². The molecule has 2 atom stereocenters. The van der Waals surface area contributed by atoms with Crippen LogP contribution in [0.15, 0.2) is 0 Å². The zero-order valence-electron chi connectivity index (χ0n) is 10.4. The van der Waals surface area contributed by atoms with Crippen LogP contribution in [-0.2, 0) is 4.79 Å². The summed E-state index contributed by atoms with van der Waals surface area (Å²) in [5, 5.41) is 0. The van der Waals surface area contributed by atoms with Crippen LogP contribution in [0.25, 0.3) is 0 Å². The van der Waals surface area contributed by atoms with Gasteiger partial charge in [0.05, 0.1) is 0 Å². The molecule has 0 bridgehead atoms. The number of hydrogen-bond acceptors (Lipinski definition) is 1. The second-order valence-electron chi connectivity index (χ2n) is 5.04. The molecular weight excluding hydrogens is 184 g/mol. The average molecular weight is 210 g/mol. The normalized spacial score (nSPS) is 26.5. The number of carbonyl (C=O) groups is 1. The summed E-state index contributed by atoms with van der Waals surface area (Å²) in [5.74, 6) is 2.25. The molecule has 0 N–H and O–H groups in total. The summed E-state index contributed by atoms with van der Waals surface area (Å²) in [6, 6.07) is 0. The molecule has 0 aliphatic heterocycles. The van der Waals surface area contributed by atoms with E-state index in [1.807, 2.05) is 0 Å². The number of Topliss-reactive ketones (excluding diaryl/α,β-unsaturated/α-hetero) is 1. The molecule has 15 heavy (non-hydrogen) atoms. The van der Waals surface area contributed by atoms with Gasteiger partial charge in [-0.05, 0) is 24.7 Å². The van der Waals surface area contributed by atoms with Crippen molar-refractivity contribution in [3.63, 3.8) is 0 Å². The van der Waals surface area contributed by atoms with Crippen molar-refractivity contribution in [2.45, 2.75) is 71.6 Å². The second-order valence-corrected chi connectivity index (χ2v) is 5.04. The van der Waals surface area contributed by atoms with E-state index in [0.717, 1.165) is 37.5 Å². The van der Waals surface area contributed by atoms with Crippen molar-refractivity contribution in [1.82, 2.24) is 0 Å². The maximum Gasteiger partial charge on any atom is 0.132 e. The Labute approximate surface area is 94.6 Å². The molecule has 0 heterocycles. The Morgan fingerprint density at radius 3 is 2.33 bits per heavy atom. The minimum absolute atomic E-state index is 0.484. The van der Waals surface area contributed by atoms with E-state index in [9.17, 15) is 4.79 Å². The lowest BCUT2D eigenvalue weighted by atomic mass is 9.75. The Hall–Kier alpha value is -0.330. The van der Waals surface area contributed by atoms with Gasteiger partial charge in [0, 0.05) is 12.8 Å². The predicted octanol–water partition coefficient (Wildman–Crippen LogP) is 4.35. The third kappa shape index (κ3) is 4.36. The van der Waals surface area contributed by atoms with E-state index >= 15 is 0 Å². The van der Waals surface area contributed by atoms with Gasteiger partial charge in [0.25, 0.3) is 0 Å². The van der Waals surface area contributed by atoms with Gasteiger partial charge in [-0.1, -0.05) is 46.0 Å². The highest BCUT2D eigenvalue weighted by atomic mass is 16.1. The largest absolute Gasteiger partial charge is 0.300 e. The van der Waals surface area contributed by atoms with Crippen molar-refractivity contribution < 1.29 is 4.79 Å². The molecule has 0 aromatic rings. The molecule has 1 rings (SSSR count). The topological polar surface area (TPSA) is 17.1 Å². The van der Waals surface area contributed by atoms with Crippen LogP contribution in [0, 0.1) is 11.8 Å². The molecule has 1 aliphatic rings. The number of hydrogen-bond donors (Lipinski definition) is 0. The third-order valence-corrected chi connectivity index (χ3v) is 3.91. The third-order valence-electron chi connectivity index (χ3n) is 3.91. The average Bonchev–Trinajstić information content (AvgIpc) is 2.27. The fourth-order valence-electron chi connectivity index (χ4n) is 2.95. The van der Waals surface area contributed by atoms with Crippen LogP contribution in [-0.4, -0.2) is 5.78 Å². The summed E-state index contributed by atoms with van der Waals surface area (Å²) >= 11 is 0. The lowest BCUT2D eigenvalue weighted by Gasteiger charge is -2.30. The van der Waals surface area contributed by atoms with Gasteiger partial charge in [-0.25, -0.2) is 0 Å². The Morgan fingerprint density at radius 2 is 1.73 bits per heavy atom. The Balaban J connectivity index is 2.26. The van der Waals surface area contributed by atoms with E-state index < -0.39 is 0 Å². The first-order valence-corrected chi connectivity index (χ1v) is 6.79. The molecule has 0 aromatic heterocycles. The van der Waals surface area contributed by atoms with E-state index in [2.05, 4.69) is 13.8 Å². The maximum absolute atomic E-state index is 11.5. The molecule has 1 saturated carbocycles. The Bertz CT molecular complexity index is 186. The highest BCUT2D eigenvalue weighted by Crippen LogP contribution is 2.35.